The summed E-state index contributed by atoms with van der Waals surface area (Å²) in [4.78, 5) is 16.7. The molecule has 0 saturated heterocycles. The summed E-state index contributed by atoms with van der Waals surface area (Å²) < 4.78 is 5.71. The Kier molecular flexibility index (Phi) is 5.68. The summed E-state index contributed by atoms with van der Waals surface area (Å²) in [6, 6.07) is 13.4. The predicted octanol–water partition coefficient (Wildman–Crippen LogP) is 4.58. The fourth-order valence-corrected chi connectivity index (χ4v) is 3.25. The van der Waals surface area contributed by atoms with Crippen molar-refractivity contribution >= 4 is 17.2 Å². The van der Waals surface area contributed by atoms with Crippen molar-refractivity contribution in [2.75, 3.05) is 0 Å². The topological polar surface area (TPSA) is 51.2 Å². The maximum absolute atomic E-state index is 12.3. The van der Waals surface area contributed by atoms with Crippen molar-refractivity contribution in [2.45, 2.75) is 33.9 Å². The van der Waals surface area contributed by atoms with Gasteiger partial charge in [-0.05, 0) is 56.2 Å². The molecule has 0 radical (unpaired) electrons. The minimum absolute atomic E-state index is 0.0911. The number of carbonyl (C=O) groups excluding carboxylic acids is 1. The highest BCUT2D eigenvalue weighted by Gasteiger charge is 2.07. The van der Waals surface area contributed by atoms with E-state index in [2.05, 4.69) is 42.3 Å². The second-order valence-electron chi connectivity index (χ2n) is 6.28. The molecule has 0 unspecified atom stereocenters. The van der Waals surface area contributed by atoms with Crippen molar-refractivity contribution in [1.82, 2.24) is 10.3 Å². The van der Waals surface area contributed by atoms with Crippen molar-refractivity contribution in [2.24, 2.45) is 0 Å². The molecule has 3 aromatic rings. The summed E-state index contributed by atoms with van der Waals surface area (Å²) >= 11 is 1.61. The molecule has 0 spiro atoms. The average Bonchev–Trinajstić information content (AvgIpc) is 3.05. The number of hydrogen-bond acceptors (Lipinski definition) is 4. The summed E-state index contributed by atoms with van der Waals surface area (Å²) in [5.41, 5.74) is 5.07. The standard InChI is InChI=1S/C21H22N2O2S/c1-14-4-5-18(15(2)10-14)11-22-21(24)17-6-8-20(9-7-17)25-12-19-13-26-16(3)23-19/h4-10,13H,11-12H2,1-3H3,(H,22,24). The minimum Gasteiger partial charge on any atom is -0.487 e. The van der Waals surface area contributed by atoms with Gasteiger partial charge in [-0.3, -0.25) is 4.79 Å². The van der Waals surface area contributed by atoms with Gasteiger partial charge < -0.3 is 10.1 Å². The van der Waals surface area contributed by atoms with Crippen molar-refractivity contribution in [3.63, 3.8) is 0 Å². The van der Waals surface area contributed by atoms with E-state index >= 15 is 0 Å². The second-order valence-corrected chi connectivity index (χ2v) is 7.35. The van der Waals surface area contributed by atoms with Crippen LogP contribution in [0.2, 0.25) is 0 Å². The molecule has 0 fully saturated rings. The van der Waals surface area contributed by atoms with Gasteiger partial charge in [-0.15, -0.1) is 11.3 Å². The Bertz CT molecular complexity index is 901. The fraction of sp³-hybridized carbons (Fsp3) is 0.238. The molecule has 1 amide bonds. The zero-order valence-electron chi connectivity index (χ0n) is 15.2. The fourth-order valence-electron chi connectivity index (χ4n) is 2.66. The molecular weight excluding hydrogens is 344 g/mol. The van der Waals surface area contributed by atoms with Crippen LogP contribution in [-0.2, 0) is 13.2 Å². The predicted molar refractivity (Wildman–Crippen MR) is 105 cm³/mol. The molecule has 1 heterocycles. The lowest BCUT2D eigenvalue weighted by Crippen LogP contribution is -2.23. The van der Waals surface area contributed by atoms with Crippen molar-refractivity contribution in [3.05, 3.63) is 80.8 Å². The first-order valence-corrected chi connectivity index (χ1v) is 9.37. The van der Waals surface area contributed by atoms with Crippen LogP contribution in [0.4, 0.5) is 0 Å². The molecule has 4 nitrogen and oxygen atoms in total. The Morgan fingerprint density at radius 1 is 1.12 bits per heavy atom. The first kappa shape index (κ1) is 18.1. The summed E-state index contributed by atoms with van der Waals surface area (Å²) in [6.07, 6.45) is 0. The van der Waals surface area contributed by atoms with E-state index in [9.17, 15) is 4.79 Å². The minimum atomic E-state index is -0.0911. The van der Waals surface area contributed by atoms with Gasteiger partial charge in [0.15, 0.2) is 0 Å². The third kappa shape index (κ3) is 4.70. The molecule has 0 aliphatic heterocycles. The number of rotatable bonds is 6. The van der Waals surface area contributed by atoms with Crippen molar-refractivity contribution in [3.8, 4) is 5.75 Å². The lowest BCUT2D eigenvalue weighted by atomic mass is 10.1. The van der Waals surface area contributed by atoms with Crippen LogP contribution in [0.1, 0.15) is 37.7 Å². The first-order chi connectivity index (χ1) is 12.5. The van der Waals surface area contributed by atoms with E-state index in [4.69, 9.17) is 4.74 Å². The smallest absolute Gasteiger partial charge is 0.251 e. The van der Waals surface area contributed by atoms with Crippen LogP contribution in [-0.4, -0.2) is 10.9 Å². The third-order valence-corrected chi connectivity index (χ3v) is 4.93. The summed E-state index contributed by atoms with van der Waals surface area (Å²) in [7, 11) is 0. The number of aromatic nitrogens is 1. The Labute approximate surface area is 157 Å². The van der Waals surface area contributed by atoms with Gasteiger partial charge in [-0.2, -0.15) is 0 Å². The first-order valence-electron chi connectivity index (χ1n) is 8.49. The number of benzene rings is 2. The summed E-state index contributed by atoms with van der Waals surface area (Å²) in [5, 5.41) is 5.98. The monoisotopic (exact) mass is 366 g/mol. The lowest BCUT2D eigenvalue weighted by molar-refractivity contribution is 0.0951. The average molecular weight is 366 g/mol. The Hall–Kier alpha value is -2.66. The van der Waals surface area contributed by atoms with Crippen LogP contribution in [0.15, 0.2) is 47.8 Å². The SMILES string of the molecule is Cc1ccc(CNC(=O)c2ccc(OCc3csc(C)n3)cc2)c(C)c1. The highest BCUT2D eigenvalue weighted by molar-refractivity contribution is 7.09. The van der Waals surface area contributed by atoms with E-state index in [0.29, 0.717) is 18.7 Å². The largest absolute Gasteiger partial charge is 0.487 e. The highest BCUT2D eigenvalue weighted by atomic mass is 32.1. The van der Waals surface area contributed by atoms with E-state index in [0.717, 1.165) is 22.0 Å². The van der Waals surface area contributed by atoms with Crippen LogP contribution in [0.5, 0.6) is 5.75 Å². The number of amides is 1. The van der Waals surface area contributed by atoms with Gasteiger partial charge in [0, 0.05) is 17.5 Å². The molecule has 0 aliphatic rings. The quantitative estimate of drug-likeness (QED) is 0.695. The maximum Gasteiger partial charge on any atom is 0.251 e. The number of thiazole rings is 1. The second kappa shape index (κ2) is 8.15. The van der Waals surface area contributed by atoms with Gasteiger partial charge in [-0.1, -0.05) is 23.8 Å². The Morgan fingerprint density at radius 3 is 2.54 bits per heavy atom. The van der Waals surface area contributed by atoms with Crippen LogP contribution < -0.4 is 10.1 Å². The molecule has 1 N–H and O–H groups in total. The van der Waals surface area contributed by atoms with Gasteiger partial charge in [0.25, 0.3) is 5.91 Å². The number of nitrogens with one attached hydrogen (secondary N) is 1. The number of aryl methyl sites for hydroxylation is 3. The maximum atomic E-state index is 12.3. The summed E-state index contributed by atoms with van der Waals surface area (Å²) in [6.45, 7) is 7.05. The highest BCUT2D eigenvalue weighted by Crippen LogP contribution is 2.16. The van der Waals surface area contributed by atoms with Crippen LogP contribution >= 0.6 is 11.3 Å². The molecule has 0 saturated carbocycles. The Balaban J connectivity index is 1.54. The van der Waals surface area contributed by atoms with Gasteiger partial charge >= 0.3 is 0 Å². The Morgan fingerprint density at radius 2 is 1.88 bits per heavy atom. The molecule has 0 aliphatic carbocycles. The van der Waals surface area contributed by atoms with Gasteiger partial charge in [0.1, 0.15) is 12.4 Å². The van der Waals surface area contributed by atoms with Gasteiger partial charge in [0.2, 0.25) is 0 Å². The van der Waals surface area contributed by atoms with Crippen LogP contribution in [0, 0.1) is 20.8 Å². The molecule has 134 valence electrons. The molecule has 26 heavy (non-hydrogen) atoms. The normalized spacial score (nSPS) is 10.6. The van der Waals surface area contributed by atoms with Gasteiger partial charge in [0.05, 0.1) is 10.7 Å². The van der Waals surface area contributed by atoms with Crippen molar-refractivity contribution in [1.29, 1.82) is 0 Å². The van der Waals surface area contributed by atoms with E-state index in [1.807, 2.05) is 24.4 Å². The van der Waals surface area contributed by atoms with Crippen LogP contribution in [0.3, 0.4) is 0 Å². The number of nitrogens with zero attached hydrogens (tertiary/aromatic N) is 1. The van der Waals surface area contributed by atoms with E-state index in [1.54, 1.807) is 23.5 Å². The van der Waals surface area contributed by atoms with Gasteiger partial charge in [-0.25, -0.2) is 4.98 Å². The lowest BCUT2D eigenvalue weighted by Gasteiger charge is -2.10. The molecule has 0 bridgehead atoms. The zero-order valence-corrected chi connectivity index (χ0v) is 16.0. The molecule has 0 atom stereocenters. The molecule has 1 aromatic heterocycles. The number of ether oxygens (including phenoxy) is 1. The zero-order chi connectivity index (χ0) is 18.5. The number of hydrogen-bond donors (Lipinski definition) is 1. The summed E-state index contributed by atoms with van der Waals surface area (Å²) in [5.74, 6) is 0.633. The molecule has 3 rings (SSSR count). The van der Waals surface area contributed by atoms with E-state index < -0.39 is 0 Å². The molecular formula is C21H22N2O2S. The third-order valence-electron chi connectivity index (χ3n) is 4.11. The van der Waals surface area contributed by atoms with Crippen LogP contribution in [0.25, 0.3) is 0 Å². The molecule has 2 aromatic carbocycles. The molecule has 5 heteroatoms. The van der Waals surface area contributed by atoms with E-state index in [-0.39, 0.29) is 5.91 Å². The number of carbonyl (C=O) groups is 1. The van der Waals surface area contributed by atoms with E-state index in [1.165, 1.54) is 11.1 Å². The van der Waals surface area contributed by atoms with Crippen molar-refractivity contribution < 1.29 is 9.53 Å².